The van der Waals surface area contributed by atoms with E-state index in [1.165, 1.54) is 0 Å². The van der Waals surface area contributed by atoms with Crippen LogP contribution in [-0.4, -0.2) is 75.6 Å². The van der Waals surface area contributed by atoms with Crippen LogP contribution in [0, 0.1) is 5.92 Å². The molecule has 0 saturated carbocycles. The first kappa shape index (κ1) is 29.3. The molecule has 4 amide bonds. The number of benzene rings is 1. The quantitative estimate of drug-likeness (QED) is 0.146. The van der Waals surface area contributed by atoms with Gasteiger partial charge in [0, 0.05) is 29.9 Å². The SMILES string of the molecule is CC(C)C(NC(=O)C(CO)NC(=O)C(Cc1c[nH]c2ccccc12)NC(=O)C(N)CCC(N)=O)C(=O)O. The van der Waals surface area contributed by atoms with Gasteiger partial charge in [0.2, 0.25) is 23.6 Å². The van der Waals surface area contributed by atoms with Crippen molar-refractivity contribution in [1.82, 2.24) is 20.9 Å². The third-order valence-corrected chi connectivity index (χ3v) is 5.82. The van der Waals surface area contributed by atoms with Crippen molar-refractivity contribution in [3.63, 3.8) is 0 Å². The average Bonchev–Trinajstić information content (AvgIpc) is 3.25. The fraction of sp³-hybridized carbons (Fsp3) is 0.458. The molecule has 0 fully saturated rings. The molecule has 0 aliphatic carbocycles. The van der Waals surface area contributed by atoms with E-state index in [0.29, 0.717) is 5.56 Å². The number of para-hydroxylation sites is 1. The van der Waals surface area contributed by atoms with Gasteiger partial charge < -0.3 is 42.6 Å². The molecular formula is C24H34N6O7. The molecule has 4 atom stereocenters. The number of amides is 4. The van der Waals surface area contributed by atoms with E-state index in [2.05, 4.69) is 20.9 Å². The number of carboxylic acid groups (broad SMARTS) is 1. The number of primary amides is 1. The Labute approximate surface area is 213 Å². The molecule has 13 nitrogen and oxygen atoms in total. The van der Waals surface area contributed by atoms with E-state index < -0.39 is 66.3 Å². The number of hydrogen-bond acceptors (Lipinski definition) is 7. The average molecular weight is 519 g/mol. The Bertz CT molecular complexity index is 1130. The number of aliphatic carboxylic acids is 1. The molecule has 1 aromatic heterocycles. The van der Waals surface area contributed by atoms with Gasteiger partial charge in [-0.05, 0) is 24.0 Å². The van der Waals surface area contributed by atoms with E-state index in [4.69, 9.17) is 11.5 Å². The number of carboxylic acids is 1. The summed E-state index contributed by atoms with van der Waals surface area (Å²) < 4.78 is 0. The first-order valence-corrected chi connectivity index (χ1v) is 11.8. The number of nitrogens with two attached hydrogens (primary N) is 2. The summed E-state index contributed by atoms with van der Waals surface area (Å²) in [6.45, 7) is 2.38. The third kappa shape index (κ3) is 8.29. The van der Waals surface area contributed by atoms with Crippen LogP contribution in [0.3, 0.4) is 0 Å². The van der Waals surface area contributed by atoms with Crippen molar-refractivity contribution < 1.29 is 34.2 Å². The van der Waals surface area contributed by atoms with Crippen molar-refractivity contribution >= 4 is 40.5 Å². The van der Waals surface area contributed by atoms with Gasteiger partial charge in [-0.15, -0.1) is 0 Å². The summed E-state index contributed by atoms with van der Waals surface area (Å²) in [5, 5.41) is 27.1. The summed E-state index contributed by atoms with van der Waals surface area (Å²) in [6, 6.07) is 2.27. The molecule has 37 heavy (non-hydrogen) atoms. The van der Waals surface area contributed by atoms with Crippen molar-refractivity contribution in [1.29, 1.82) is 0 Å². The van der Waals surface area contributed by atoms with Crippen molar-refractivity contribution in [3.8, 4) is 0 Å². The number of carbonyl (C=O) groups excluding carboxylic acids is 4. The number of aromatic nitrogens is 1. The zero-order valence-electron chi connectivity index (χ0n) is 20.7. The Hall–Kier alpha value is -3.97. The predicted octanol–water partition coefficient (Wildman–Crippen LogP) is -1.51. The molecule has 13 heteroatoms. The number of nitrogens with one attached hydrogen (secondary N) is 4. The molecular weight excluding hydrogens is 484 g/mol. The van der Waals surface area contributed by atoms with Gasteiger partial charge >= 0.3 is 5.97 Å². The number of hydrogen-bond donors (Lipinski definition) is 8. The van der Waals surface area contributed by atoms with E-state index in [-0.39, 0.29) is 19.3 Å². The Morgan fingerprint density at radius 3 is 2.19 bits per heavy atom. The summed E-state index contributed by atoms with van der Waals surface area (Å²) >= 11 is 0. The van der Waals surface area contributed by atoms with Crippen LogP contribution in [0.25, 0.3) is 10.9 Å². The zero-order chi connectivity index (χ0) is 27.7. The lowest BCUT2D eigenvalue weighted by Gasteiger charge is -2.25. The standard InChI is InChI=1S/C24H34N6O7/c1-12(2)20(24(36)37)30-23(35)18(11-31)29-22(34)17(28-21(33)15(25)7-8-19(26)32)9-13-10-27-16-6-4-3-5-14(13)16/h3-6,10,12,15,17-18,20,27,31H,7-9,11,25H2,1-2H3,(H2,26,32)(H,28,33)(H,29,34)(H,30,35)(H,36,37). The Morgan fingerprint density at radius 2 is 1.59 bits per heavy atom. The van der Waals surface area contributed by atoms with Gasteiger partial charge in [-0.1, -0.05) is 32.0 Å². The first-order chi connectivity index (χ1) is 17.4. The number of aliphatic hydroxyl groups excluding tert-OH is 1. The lowest BCUT2D eigenvalue weighted by atomic mass is 10.0. The molecule has 0 radical (unpaired) electrons. The smallest absolute Gasteiger partial charge is 0.326 e. The molecule has 10 N–H and O–H groups in total. The van der Waals surface area contributed by atoms with Crippen LogP contribution in [-0.2, 0) is 30.4 Å². The van der Waals surface area contributed by atoms with Crippen LogP contribution < -0.4 is 27.4 Å². The fourth-order valence-corrected chi connectivity index (χ4v) is 3.67. The molecule has 1 aromatic carbocycles. The van der Waals surface area contributed by atoms with Crippen LogP contribution in [0.4, 0.5) is 0 Å². The minimum Gasteiger partial charge on any atom is -0.480 e. The van der Waals surface area contributed by atoms with Crippen LogP contribution >= 0.6 is 0 Å². The van der Waals surface area contributed by atoms with Gasteiger partial charge in [-0.3, -0.25) is 19.2 Å². The molecule has 0 saturated heterocycles. The van der Waals surface area contributed by atoms with Gasteiger partial charge in [0.05, 0.1) is 12.6 Å². The first-order valence-electron chi connectivity index (χ1n) is 11.8. The maximum Gasteiger partial charge on any atom is 0.326 e. The van der Waals surface area contributed by atoms with Gasteiger partial charge in [0.1, 0.15) is 18.1 Å². The summed E-state index contributed by atoms with van der Waals surface area (Å²) in [7, 11) is 0. The molecule has 1 heterocycles. The number of H-pyrrole nitrogens is 1. The molecule has 2 rings (SSSR count). The monoisotopic (exact) mass is 518 g/mol. The highest BCUT2D eigenvalue weighted by atomic mass is 16.4. The molecule has 0 spiro atoms. The summed E-state index contributed by atoms with van der Waals surface area (Å²) in [5.74, 6) is -4.75. The lowest BCUT2D eigenvalue weighted by molar-refractivity contribution is -0.143. The van der Waals surface area contributed by atoms with E-state index in [1.54, 1.807) is 20.0 Å². The third-order valence-electron chi connectivity index (χ3n) is 5.82. The normalized spacial score (nSPS) is 14.4. The van der Waals surface area contributed by atoms with E-state index in [0.717, 1.165) is 10.9 Å². The minimum atomic E-state index is -1.47. The van der Waals surface area contributed by atoms with Gasteiger partial charge in [-0.25, -0.2) is 4.79 Å². The summed E-state index contributed by atoms with van der Waals surface area (Å²) in [6.07, 6.45) is 1.53. The minimum absolute atomic E-state index is 0.00758. The van der Waals surface area contributed by atoms with Crippen LogP contribution in [0.15, 0.2) is 30.5 Å². The summed E-state index contributed by atoms with van der Waals surface area (Å²) in [5.41, 5.74) is 12.5. The maximum absolute atomic E-state index is 13.2. The number of rotatable bonds is 14. The number of fused-ring (bicyclic) bond motifs is 1. The highest BCUT2D eigenvalue weighted by Gasteiger charge is 2.31. The second-order valence-corrected chi connectivity index (χ2v) is 9.05. The Morgan fingerprint density at radius 1 is 0.973 bits per heavy atom. The second kappa shape index (κ2) is 13.4. The van der Waals surface area contributed by atoms with Gasteiger partial charge in [0.15, 0.2) is 0 Å². The molecule has 0 aliphatic rings. The second-order valence-electron chi connectivity index (χ2n) is 9.05. The van der Waals surface area contributed by atoms with Crippen LogP contribution in [0.2, 0.25) is 0 Å². The Kier molecular flexibility index (Phi) is 10.6. The molecule has 2 aromatic rings. The largest absolute Gasteiger partial charge is 0.480 e. The number of aromatic amines is 1. The highest BCUT2D eigenvalue weighted by Crippen LogP contribution is 2.19. The van der Waals surface area contributed by atoms with E-state index in [1.807, 2.05) is 24.3 Å². The maximum atomic E-state index is 13.2. The highest BCUT2D eigenvalue weighted by molar-refractivity contribution is 5.95. The molecule has 202 valence electrons. The Balaban J connectivity index is 2.23. The number of carbonyl (C=O) groups is 5. The van der Waals surface area contributed by atoms with Crippen LogP contribution in [0.5, 0.6) is 0 Å². The van der Waals surface area contributed by atoms with Crippen molar-refractivity contribution in [2.24, 2.45) is 17.4 Å². The lowest BCUT2D eigenvalue weighted by Crippen LogP contribution is -2.59. The number of aliphatic hydroxyl groups is 1. The van der Waals surface area contributed by atoms with Crippen molar-refractivity contribution in [2.75, 3.05) is 6.61 Å². The van der Waals surface area contributed by atoms with Gasteiger partial charge in [-0.2, -0.15) is 0 Å². The van der Waals surface area contributed by atoms with Crippen LogP contribution in [0.1, 0.15) is 32.3 Å². The fourth-order valence-electron chi connectivity index (χ4n) is 3.67. The molecule has 4 unspecified atom stereocenters. The molecule has 0 aliphatic heterocycles. The van der Waals surface area contributed by atoms with Crippen molar-refractivity contribution in [2.45, 2.75) is 57.3 Å². The topological polar surface area (TPSA) is 230 Å². The predicted molar refractivity (Wildman–Crippen MR) is 134 cm³/mol. The van der Waals surface area contributed by atoms with Crippen molar-refractivity contribution in [3.05, 3.63) is 36.0 Å². The summed E-state index contributed by atoms with van der Waals surface area (Å²) in [4.78, 5) is 64.0. The van der Waals surface area contributed by atoms with E-state index in [9.17, 15) is 34.2 Å². The zero-order valence-corrected chi connectivity index (χ0v) is 20.7. The van der Waals surface area contributed by atoms with Gasteiger partial charge in [0.25, 0.3) is 0 Å². The van der Waals surface area contributed by atoms with E-state index >= 15 is 0 Å². The molecule has 0 bridgehead atoms.